The van der Waals surface area contributed by atoms with E-state index in [2.05, 4.69) is 64.8 Å². The largest absolute Gasteiger partial charge is 0.363 e. The van der Waals surface area contributed by atoms with Crippen molar-refractivity contribution >= 4 is 17.6 Å². The summed E-state index contributed by atoms with van der Waals surface area (Å²) in [7, 11) is 0. The van der Waals surface area contributed by atoms with Crippen LogP contribution < -0.4 is 5.32 Å². The van der Waals surface area contributed by atoms with Gasteiger partial charge in [-0.15, -0.1) is 0 Å². The third kappa shape index (κ3) is 3.40. The summed E-state index contributed by atoms with van der Waals surface area (Å²) in [6.45, 7) is 2.73. The molecule has 142 valence electrons. The molecular formula is C23H24N4S. The Bertz CT molecular complexity index is 989. The number of anilines is 1. The zero-order valence-corrected chi connectivity index (χ0v) is 16.9. The van der Waals surface area contributed by atoms with E-state index < -0.39 is 0 Å². The summed E-state index contributed by atoms with van der Waals surface area (Å²) in [5, 5.41) is 4.62. The van der Waals surface area contributed by atoms with Crippen molar-refractivity contribution in [3.63, 3.8) is 0 Å². The molecule has 0 fully saturated rings. The molecule has 3 aromatic rings. The Kier molecular flexibility index (Phi) is 4.79. The Morgan fingerprint density at radius 1 is 1.04 bits per heavy atom. The fourth-order valence-electron chi connectivity index (χ4n) is 4.33. The van der Waals surface area contributed by atoms with Gasteiger partial charge in [0.2, 0.25) is 0 Å². The lowest BCUT2D eigenvalue weighted by molar-refractivity contribution is 0.274. The maximum atomic E-state index is 4.85. The molecule has 5 heteroatoms. The predicted octanol–water partition coefficient (Wildman–Crippen LogP) is 4.81. The maximum Gasteiger partial charge on any atom is 0.189 e. The molecule has 4 nitrogen and oxygen atoms in total. The number of rotatable bonds is 5. The van der Waals surface area contributed by atoms with Crippen molar-refractivity contribution in [1.82, 2.24) is 14.9 Å². The molecule has 1 atom stereocenters. The molecule has 2 aliphatic rings. The van der Waals surface area contributed by atoms with E-state index in [-0.39, 0.29) is 0 Å². The van der Waals surface area contributed by atoms with Crippen LogP contribution in [-0.4, -0.2) is 21.1 Å². The van der Waals surface area contributed by atoms with Gasteiger partial charge in [-0.05, 0) is 35.8 Å². The lowest BCUT2D eigenvalue weighted by atomic mass is 10.1. The van der Waals surface area contributed by atoms with Crippen LogP contribution in [0.3, 0.4) is 0 Å². The van der Waals surface area contributed by atoms with E-state index in [0.717, 1.165) is 43.5 Å². The van der Waals surface area contributed by atoms with Crippen molar-refractivity contribution < 1.29 is 0 Å². The van der Waals surface area contributed by atoms with Gasteiger partial charge in [0.1, 0.15) is 5.82 Å². The van der Waals surface area contributed by atoms with Crippen LogP contribution in [-0.2, 0) is 26.1 Å². The summed E-state index contributed by atoms with van der Waals surface area (Å²) in [4.78, 5) is 12.1. The highest BCUT2D eigenvalue weighted by atomic mass is 32.2. The molecule has 0 radical (unpaired) electrons. The molecule has 2 aromatic carbocycles. The Morgan fingerprint density at radius 3 is 2.71 bits per heavy atom. The van der Waals surface area contributed by atoms with Crippen molar-refractivity contribution in [2.75, 3.05) is 11.6 Å². The van der Waals surface area contributed by atoms with Crippen LogP contribution in [0.25, 0.3) is 0 Å². The third-order valence-electron chi connectivity index (χ3n) is 5.70. The summed E-state index contributed by atoms with van der Waals surface area (Å²) in [6, 6.07) is 19.8. The summed E-state index contributed by atoms with van der Waals surface area (Å²) in [5.74, 6) is 1.02. The minimum Gasteiger partial charge on any atom is -0.363 e. The lowest BCUT2D eigenvalue weighted by Gasteiger charge is -2.18. The van der Waals surface area contributed by atoms with Crippen LogP contribution in [0.1, 0.15) is 40.4 Å². The first-order valence-corrected chi connectivity index (χ1v) is 11.1. The Morgan fingerprint density at radius 2 is 1.86 bits per heavy atom. The number of aryl methyl sites for hydroxylation is 1. The zero-order chi connectivity index (χ0) is 18.9. The SMILES string of the molecule is CSc1nc2c(c(NC3CCc4ccccc43)n1)CN(Cc1ccccc1)C2. The molecule has 1 aliphatic carbocycles. The number of aromatic nitrogens is 2. The third-order valence-corrected chi connectivity index (χ3v) is 6.25. The second-order valence-corrected chi connectivity index (χ2v) is 8.32. The molecule has 1 aromatic heterocycles. The minimum absolute atomic E-state index is 0.341. The average Bonchev–Trinajstić information content (AvgIpc) is 3.32. The quantitative estimate of drug-likeness (QED) is 0.502. The first-order chi connectivity index (χ1) is 13.8. The lowest BCUT2D eigenvalue weighted by Crippen LogP contribution is -2.16. The van der Waals surface area contributed by atoms with Crippen LogP contribution >= 0.6 is 11.8 Å². The van der Waals surface area contributed by atoms with E-state index in [1.54, 1.807) is 11.8 Å². The van der Waals surface area contributed by atoms with Crippen molar-refractivity contribution in [3.8, 4) is 0 Å². The number of thioether (sulfide) groups is 1. The van der Waals surface area contributed by atoms with Crippen molar-refractivity contribution in [2.45, 2.75) is 43.7 Å². The van der Waals surface area contributed by atoms with Gasteiger partial charge in [0, 0.05) is 25.2 Å². The summed E-state index contributed by atoms with van der Waals surface area (Å²) in [6.07, 6.45) is 4.31. The monoisotopic (exact) mass is 388 g/mol. The molecule has 0 amide bonds. The van der Waals surface area contributed by atoms with Gasteiger partial charge in [0.25, 0.3) is 0 Å². The fraction of sp³-hybridized carbons (Fsp3) is 0.304. The van der Waals surface area contributed by atoms with Crippen LogP contribution in [0.5, 0.6) is 0 Å². The smallest absolute Gasteiger partial charge is 0.189 e. The van der Waals surface area contributed by atoms with Crippen molar-refractivity contribution in [1.29, 1.82) is 0 Å². The van der Waals surface area contributed by atoms with Gasteiger partial charge >= 0.3 is 0 Å². The number of nitrogens with one attached hydrogen (secondary N) is 1. The molecule has 2 heterocycles. The number of benzene rings is 2. The molecular weight excluding hydrogens is 364 g/mol. The van der Waals surface area contributed by atoms with Gasteiger partial charge in [0.15, 0.2) is 5.16 Å². The van der Waals surface area contributed by atoms with Gasteiger partial charge in [-0.2, -0.15) is 0 Å². The number of hydrogen-bond acceptors (Lipinski definition) is 5. The molecule has 5 rings (SSSR count). The van der Waals surface area contributed by atoms with Gasteiger partial charge < -0.3 is 5.32 Å². The van der Waals surface area contributed by atoms with Crippen LogP contribution in [0, 0.1) is 0 Å². The zero-order valence-electron chi connectivity index (χ0n) is 16.1. The Hall–Kier alpha value is -2.37. The van der Waals surface area contributed by atoms with E-state index >= 15 is 0 Å². The predicted molar refractivity (Wildman–Crippen MR) is 114 cm³/mol. The van der Waals surface area contributed by atoms with E-state index in [1.807, 2.05) is 6.26 Å². The number of fused-ring (bicyclic) bond motifs is 2. The van der Waals surface area contributed by atoms with Crippen molar-refractivity contribution in [2.24, 2.45) is 0 Å². The van der Waals surface area contributed by atoms with Crippen LogP contribution in [0.15, 0.2) is 59.8 Å². The minimum atomic E-state index is 0.341. The van der Waals surface area contributed by atoms with E-state index in [0.29, 0.717) is 6.04 Å². The molecule has 1 N–H and O–H groups in total. The summed E-state index contributed by atoms with van der Waals surface area (Å²) < 4.78 is 0. The van der Waals surface area contributed by atoms with Gasteiger partial charge in [0.05, 0.1) is 11.7 Å². The highest BCUT2D eigenvalue weighted by Crippen LogP contribution is 2.36. The number of nitrogens with zero attached hydrogens (tertiary/aromatic N) is 3. The van der Waals surface area contributed by atoms with E-state index in [1.165, 1.54) is 27.9 Å². The van der Waals surface area contributed by atoms with E-state index in [9.17, 15) is 0 Å². The van der Waals surface area contributed by atoms with E-state index in [4.69, 9.17) is 9.97 Å². The van der Waals surface area contributed by atoms with Gasteiger partial charge in [-0.25, -0.2) is 9.97 Å². The maximum absolute atomic E-state index is 4.85. The normalized spacial score (nSPS) is 18.1. The van der Waals surface area contributed by atoms with Crippen LogP contribution in [0.2, 0.25) is 0 Å². The van der Waals surface area contributed by atoms with Crippen LogP contribution in [0.4, 0.5) is 5.82 Å². The molecule has 1 unspecified atom stereocenters. The summed E-state index contributed by atoms with van der Waals surface area (Å²) >= 11 is 1.62. The molecule has 0 spiro atoms. The topological polar surface area (TPSA) is 41.1 Å². The highest BCUT2D eigenvalue weighted by Gasteiger charge is 2.28. The highest BCUT2D eigenvalue weighted by molar-refractivity contribution is 7.98. The first kappa shape index (κ1) is 17.7. The molecule has 0 saturated carbocycles. The fourth-order valence-corrected chi connectivity index (χ4v) is 4.72. The standard InChI is InChI=1S/C23H24N4S/c1-28-23-25-21-15-27(13-16-7-3-2-4-8-16)14-19(21)22(26-23)24-20-12-11-17-9-5-6-10-18(17)20/h2-10,20H,11-15H2,1H3,(H,24,25,26). The molecule has 0 bridgehead atoms. The van der Waals surface area contributed by atoms with Crippen molar-refractivity contribution in [3.05, 3.63) is 82.5 Å². The molecule has 28 heavy (non-hydrogen) atoms. The molecule has 0 saturated heterocycles. The molecule has 1 aliphatic heterocycles. The second-order valence-electron chi connectivity index (χ2n) is 7.55. The van der Waals surface area contributed by atoms with Gasteiger partial charge in [-0.3, -0.25) is 4.90 Å². The average molecular weight is 389 g/mol. The first-order valence-electron chi connectivity index (χ1n) is 9.84. The summed E-state index contributed by atoms with van der Waals surface area (Å²) in [5.41, 5.74) is 6.65. The second kappa shape index (κ2) is 7.57. The van der Waals surface area contributed by atoms with Gasteiger partial charge in [-0.1, -0.05) is 66.4 Å². The number of hydrogen-bond donors (Lipinski definition) is 1. The Labute approximate surface area is 170 Å². The Balaban J connectivity index is 1.41.